The molecular formula is C22H21F3N2O3. The number of hydrogen-bond acceptors (Lipinski definition) is 4. The first-order valence-electron chi connectivity index (χ1n) is 9.41. The average Bonchev–Trinajstić information content (AvgIpc) is 2.86. The summed E-state index contributed by atoms with van der Waals surface area (Å²) in [6.45, 7) is 5.85. The van der Waals surface area contributed by atoms with Gasteiger partial charge in [0, 0.05) is 18.3 Å². The van der Waals surface area contributed by atoms with E-state index in [2.05, 4.69) is 10.1 Å². The van der Waals surface area contributed by atoms with Crippen LogP contribution in [0.1, 0.15) is 30.0 Å². The fourth-order valence-corrected chi connectivity index (χ4v) is 3.38. The molecule has 30 heavy (non-hydrogen) atoms. The summed E-state index contributed by atoms with van der Waals surface area (Å²) in [6.07, 6.45) is -4.25. The number of aryl methyl sites for hydroxylation is 2. The molecule has 0 fully saturated rings. The zero-order chi connectivity index (χ0) is 22.1. The van der Waals surface area contributed by atoms with Gasteiger partial charge < -0.3 is 10.1 Å². The van der Waals surface area contributed by atoms with Gasteiger partial charge in [0.1, 0.15) is 11.4 Å². The summed E-state index contributed by atoms with van der Waals surface area (Å²) in [5.41, 5.74) is 2.86. The Labute approximate surface area is 172 Å². The lowest BCUT2D eigenvalue weighted by Gasteiger charge is -2.14. The highest BCUT2D eigenvalue weighted by atomic mass is 19.4. The van der Waals surface area contributed by atoms with Crippen LogP contribution < -0.4 is 10.1 Å². The molecule has 0 saturated carbocycles. The number of ether oxygens (including phenoxy) is 1. The van der Waals surface area contributed by atoms with Crippen molar-refractivity contribution in [3.63, 3.8) is 0 Å². The van der Waals surface area contributed by atoms with E-state index in [1.165, 1.54) is 12.1 Å². The Morgan fingerprint density at radius 1 is 1.03 bits per heavy atom. The van der Waals surface area contributed by atoms with Crippen molar-refractivity contribution in [2.75, 3.05) is 11.9 Å². The third kappa shape index (κ3) is 4.48. The van der Waals surface area contributed by atoms with Crippen LogP contribution in [0.25, 0.3) is 5.57 Å². The molecule has 0 saturated heterocycles. The first-order chi connectivity index (χ1) is 14.1. The van der Waals surface area contributed by atoms with Crippen molar-refractivity contribution < 1.29 is 27.5 Å². The van der Waals surface area contributed by atoms with Gasteiger partial charge in [0.15, 0.2) is 0 Å². The maximum absolute atomic E-state index is 13.0. The van der Waals surface area contributed by atoms with E-state index in [0.29, 0.717) is 12.0 Å². The number of carbonyl (C=O) groups is 2. The molecule has 5 nitrogen and oxygen atoms in total. The minimum absolute atomic E-state index is 0.0320. The third-order valence-corrected chi connectivity index (χ3v) is 4.60. The van der Waals surface area contributed by atoms with Crippen molar-refractivity contribution in [2.24, 2.45) is 0 Å². The molecule has 2 aromatic carbocycles. The van der Waals surface area contributed by atoms with Crippen LogP contribution in [0.5, 0.6) is 5.75 Å². The monoisotopic (exact) mass is 418 g/mol. The van der Waals surface area contributed by atoms with Crippen LogP contribution in [0.4, 0.5) is 18.9 Å². The molecule has 158 valence electrons. The van der Waals surface area contributed by atoms with Gasteiger partial charge in [-0.05, 0) is 43.5 Å². The Kier molecular flexibility index (Phi) is 5.87. The van der Waals surface area contributed by atoms with Gasteiger partial charge in [0.25, 0.3) is 11.8 Å². The number of rotatable bonds is 6. The molecule has 0 aliphatic carbocycles. The van der Waals surface area contributed by atoms with E-state index in [4.69, 9.17) is 0 Å². The number of imide groups is 1. The Morgan fingerprint density at radius 2 is 1.77 bits per heavy atom. The number of alkyl halides is 3. The summed E-state index contributed by atoms with van der Waals surface area (Å²) in [7, 11) is 0. The van der Waals surface area contributed by atoms with Gasteiger partial charge in [-0.25, -0.2) is 0 Å². The standard InChI is InChI=1S/C22H21F3N2O3/c1-4-10-27-20(28)18(17-9-8-13(2)11-14(17)3)19(21(27)29)26-15-6-5-7-16(12-15)30-22(23,24)25/h5-9,11-12,26H,4,10H2,1-3H3. The lowest BCUT2D eigenvalue weighted by molar-refractivity contribution is -0.274. The predicted molar refractivity (Wildman–Crippen MR) is 107 cm³/mol. The topological polar surface area (TPSA) is 58.6 Å². The average molecular weight is 418 g/mol. The molecule has 1 heterocycles. The van der Waals surface area contributed by atoms with Crippen LogP contribution >= 0.6 is 0 Å². The number of nitrogens with one attached hydrogen (secondary N) is 1. The summed E-state index contributed by atoms with van der Waals surface area (Å²) in [6, 6.07) is 10.7. The summed E-state index contributed by atoms with van der Waals surface area (Å²) < 4.78 is 41.5. The van der Waals surface area contributed by atoms with Crippen LogP contribution in [-0.2, 0) is 9.59 Å². The van der Waals surface area contributed by atoms with E-state index < -0.39 is 23.9 Å². The fraction of sp³-hybridized carbons (Fsp3) is 0.273. The van der Waals surface area contributed by atoms with E-state index in [0.717, 1.165) is 28.2 Å². The summed E-state index contributed by atoms with van der Waals surface area (Å²) in [5, 5.41) is 2.85. The quantitative estimate of drug-likeness (QED) is 0.685. The minimum atomic E-state index is -4.83. The number of amides is 2. The lowest BCUT2D eigenvalue weighted by atomic mass is 9.97. The number of halogens is 3. The van der Waals surface area contributed by atoms with Crippen molar-refractivity contribution in [1.29, 1.82) is 0 Å². The minimum Gasteiger partial charge on any atom is -0.406 e. The summed E-state index contributed by atoms with van der Waals surface area (Å²) in [5.74, 6) is -1.37. The van der Waals surface area contributed by atoms with Gasteiger partial charge >= 0.3 is 6.36 Å². The fourth-order valence-electron chi connectivity index (χ4n) is 3.38. The molecule has 0 aromatic heterocycles. The van der Waals surface area contributed by atoms with Crippen molar-refractivity contribution >= 4 is 23.1 Å². The SMILES string of the molecule is CCCN1C(=O)C(Nc2cccc(OC(F)(F)F)c2)=C(c2ccc(C)cc2C)C1=O. The molecule has 0 spiro atoms. The van der Waals surface area contributed by atoms with E-state index >= 15 is 0 Å². The second kappa shape index (κ2) is 8.22. The highest BCUT2D eigenvalue weighted by molar-refractivity contribution is 6.36. The molecule has 1 aliphatic rings. The number of hydrogen-bond donors (Lipinski definition) is 1. The summed E-state index contributed by atoms with van der Waals surface area (Å²) >= 11 is 0. The molecule has 0 bridgehead atoms. The van der Waals surface area contributed by atoms with Gasteiger partial charge in [0.2, 0.25) is 0 Å². The molecule has 1 N–H and O–H groups in total. The van der Waals surface area contributed by atoms with Crippen molar-refractivity contribution in [3.05, 3.63) is 64.9 Å². The van der Waals surface area contributed by atoms with Crippen molar-refractivity contribution in [1.82, 2.24) is 4.90 Å². The van der Waals surface area contributed by atoms with Gasteiger partial charge in [0.05, 0.1) is 5.57 Å². The number of benzene rings is 2. The second-order valence-electron chi connectivity index (χ2n) is 7.03. The molecule has 0 radical (unpaired) electrons. The molecule has 0 atom stereocenters. The van der Waals surface area contributed by atoms with Crippen LogP contribution in [0.2, 0.25) is 0 Å². The zero-order valence-corrected chi connectivity index (χ0v) is 16.8. The van der Waals surface area contributed by atoms with E-state index in [-0.39, 0.29) is 23.5 Å². The maximum atomic E-state index is 13.0. The van der Waals surface area contributed by atoms with E-state index in [1.807, 2.05) is 32.9 Å². The van der Waals surface area contributed by atoms with E-state index in [9.17, 15) is 22.8 Å². The maximum Gasteiger partial charge on any atom is 0.573 e. The van der Waals surface area contributed by atoms with Crippen molar-refractivity contribution in [3.8, 4) is 5.75 Å². The molecule has 2 aromatic rings. The van der Waals surface area contributed by atoms with Gasteiger partial charge in [-0.15, -0.1) is 13.2 Å². The van der Waals surface area contributed by atoms with Crippen LogP contribution in [-0.4, -0.2) is 29.6 Å². The molecule has 2 amide bonds. The third-order valence-electron chi connectivity index (χ3n) is 4.60. The molecular weight excluding hydrogens is 397 g/mol. The Hall–Kier alpha value is -3.29. The molecule has 0 unspecified atom stereocenters. The molecule has 1 aliphatic heterocycles. The summed E-state index contributed by atoms with van der Waals surface area (Å²) in [4.78, 5) is 27.1. The number of nitrogens with zero attached hydrogens (tertiary/aromatic N) is 1. The first kappa shape index (κ1) is 21.4. The van der Waals surface area contributed by atoms with E-state index in [1.54, 1.807) is 6.07 Å². The van der Waals surface area contributed by atoms with Crippen LogP contribution in [0, 0.1) is 13.8 Å². The van der Waals surface area contributed by atoms with Gasteiger partial charge in [-0.3, -0.25) is 14.5 Å². The van der Waals surface area contributed by atoms with Crippen molar-refractivity contribution in [2.45, 2.75) is 33.6 Å². The predicted octanol–water partition coefficient (Wildman–Crippen LogP) is 4.80. The van der Waals surface area contributed by atoms with Crippen LogP contribution in [0.15, 0.2) is 48.2 Å². The Morgan fingerprint density at radius 3 is 2.40 bits per heavy atom. The lowest BCUT2D eigenvalue weighted by Crippen LogP contribution is -2.33. The Bertz CT molecular complexity index is 1030. The number of carbonyl (C=O) groups excluding carboxylic acids is 2. The molecule has 8 heteroatoms. The highest BCUT2D eigenvalue weighted by Crippen LogP contribution is 2.33. The second-order valence-corrected chi connectivity index (χ2v) is 7.03. The largest absolute Gasteiger partial charge is 0.573 e. The molecule has 3 rings (SSSR count). The number of anilines is 1. The smallest absolute Gasteiger partial charge is 0.406 e. The van der Waals surface area contributed by atoms with Gasteiger partial charge in [-0.2, -0.15) is 0 Å². The van der Waals surface area contributed by atoms with Gasteiger partial charge in [-0.1, -0.05) is 36.8 Å². The first-order valence-corrected chi connectivity index (χ1v) is 9.41. The highest BCUT2D eigenvalue weighted by Gasteiger charge is 2.39. The zero-order valence-electron chi connectivity index (χ0n) is 16.8. The van der Waals surface area contributed by atoms with Crippen LogP contribution in [0.3, 0.4) is 0 Å². The normalized spacial score (nSPS) is 14.5. The Balaban J connectivity index is 2.05.